The largest absolute Gasteiger partial charge is 0.299 e. The van der Waals surface area contributed by atoms with Crippen molar-refractivity contribution in [1.29, 1.82) is 0 Å². The molecule has 0 atom stereocenters. The molecule has 2 rings (SSSR count). The van der Waals surface area contributed by atoms with Crippen molar-refractivity contribution in [3.05, 3.63) is 41.0 Å². The molecule has 0 radical (unpaired) electrons. The highest BCUT2D eigenvalue weighted by molar-refractivity contribution is 6.00. The van der Waals surface area contributed by atoms with Crippen LogP contribution in [0.15, 0.2) is 29.8 Å². The van der Waals surface area contributed by atoms with Crippen LogP contribution in [0.25, 0.3) is 6.08 Å². The molecule has 108 valence electrons. The summed E-state index contributed by atoms with van der Waals surface area (Å²) in [5, 5.41) is 0. The van der Waals surface area contributed by atoms with Crippen LogP contribution in [0.2, 0.25) is 0 Å². The number of Topliss-reactive ketones (excluding diaryl/α,β-unsaturated/α-hetero) is 1. The van der Waals surface area contributed by atoms with Crippen molar-refractivity contribution in [2.75, 3.05) is 19.6 Å². The van der Waals surface area contributed by atoms with Crippen molar-refractivity contribution in [3.63, 3.8) is 0 Å². The Morgan fingerprint density at radius 1 is 1.20 bits per heavy atom. The van der Waals surface area contributed by atoms with Gasteiger partial charge in [0.25, 0.3) is 0 Å². The number of likely N-dealkylation sites (N-methyl/N-ethyl adjacent to an activating group) is 1. The van der Waals surface area contributed by atoms with Crippen LogP contribution in [0, 0.1) is 0 Å². The molecule has 1 fully saturated rings. The van der Waals surface area contributed by atoms with Gasteiger partial charge in [0.15, 0.2) is 5.78 Å². The van der Waals surface area contributed by atoms with Crippen LogP contribution in [-0.4, -0.2) is 30.3 Å². The highest BCUT2D eigenvalue weighted by Crippen LogP contribution is 2.23. The molecule has 0 saturated carbocycles. The number of nitrogens with zero attached hydrogens (tertiary/aromatic N) is 1. The Morgan fingerprint density at radius 2 is 1.85 bits per heavy atom. The predicted octanol–water partition coefficient (Wildman–Crippen LogP) is 3.66. The van der Waals surface area contributed by atoms with Gasteiger partial charge in [-0.25, -0.2) is 0 Å². The van der Waals surface area contributed by atoms with Crippen LogP contribution in [-0.2, 0) is 10.2 Å². The molecule has 2 nitrogen and oxygen atoms in total. The van der Waals surface area contributed by atoms with E-state index >= 15 is 0 Å². The lowest BCUT2D eigenvalue weighted by atomic mass is 9.86. The van der Waals surface area contributed by atoms with Crippen LogP contribution in [0.3, 0.4) is 0 Å². The highest BCUT2D eigenvalue weighted by atomic mass is 16.1. The van der Waals surface area contributed by atoms with Crippen LogP contribution in [0.1, 0.15) is 45.2 Å². The van der Waals surface area contributed by atoms with E-state index in [1.165, 1.54) is 5.56 Å². The fraction of sp³-hybridized carbons (Fsp3) is 0.500. The topological polar surface area (TPSA) is 20.3 Å². The normalized spacial score (nSPS) is 19.6. The number of carbonyl (C=O) groups is 1. The molecule has 20 heavy (non-hydrogen) atoms. The number of rotatable bonds is 2. The Labute approximate surface area is 122 Å². The van der Waals surface area contributed by atoms with Crippen molar-refractivity contribution >= 4 is 11.9 Å². The summed E-state index contributed by atoms with van der Waals surface area (Å²) in [7, 11) is 0. The number of carbonyl (C=O) groups excluding carboxylic acids is 1. The Balaban J connectivity index is 2.19. The quantitative estimate of drug-likeness (QED) is 0.765. The first-order chi connectivity index (χ1) is 9.40. The number of ketones is 1. The molecular weight excluding hydrogens is 246 g/mol. The second-order valence-corrected chi connectivity index (χ2v) is 6.58. The first-order valence-electron chi connectivity index (χ1n) is 7.47. The summed E-state index contributed by atoms with van der Waals surface area (Å²) in [5.74, 6) is 0.301. The van der Waals surface area contributed by atoms with E-state index in [0.717, 1.165) is 30.8 Å². The number of benzene rings is 1. The monoisotopic (exact) mass is 271 g/mol. The van der Waals surface area contributed by atoms with Crippen LogP contribution in [0.4, 0.5) is 0 Å². The maximum absolute atomic E-state index is 12.0. The molecule has 0 bridgehead atoms. The molecule has 1 aliphatic heterocycles. The van der Waals surface area contributed by atoms with Crippen LogP contribution < -0.4 is 0 Å². The van der Waals surface area contributed by atoms with Gasteiger partial charge in [-0.15, -0.1) is 0 Å². The zero-order valence-electron chi connectivity index (χ0n) is 13.1. The van der Waals surface area contributed by atoms with E-state index in [1.807, 2.05) is 0 Å². The lowest BCUT2D eigenvalue weighted by Gasteiger charge is -2.26. The maximum Gasteiger partial charge on any atom is 0.161 e. The van der Waals surface area contributed by atoms with E-state index in [9.17, 15) is 4.79 Å². The Morgan fingerprint density at radius 3 is 2.40 bits per heavy atom. The number of hydrogen-bond donors (Lipinski definition) is 0. The zero-order chi connectivity index (χ0) is 14.8. The van der Waals surface area contributed by atoms with E-state index < -0.39 is 0 Å². The van der Waals surface area contributed by atoms with E-state index in [2.05, 4.69) is 62.9 Å². The molecular formula is C18H25NO. The average Bonchev–Trinajstić information content (AvgIpc) is 2.41. The third kappa shape index (κ3) is 3.57. The lowest BCUT2D eigenvalue weighted by molar-refractivity contribution is -0.117. The molecule has 0 N–H and O–H groups in total. The maximum atomic E-state index is 12.0. The molecule has 0 unspecified atom stereocenters. The molecule has 1 aromatic carbocycles. The SMILES string of the molecule is CCN1CCC(=O)/C(=C/c2ccc(C(C)(C)C)cc2)C1. The van der Waals surface area contributed by atoms with Gasteiger partial charge in [0.05, 0.1) is 0 Å². The zero-order valence-corrected chi connectivity index (χ0v) is 13.1. The lowest BCUT2D eigenvalue weighted by Crippen LogP contribution is -2.35. The summed E-state index contributed by atoms with van der Waals surface area (Å²) in [6.07, 6.45) is 2.70. The smallest absolute Gasteiger partial charge is 0.161 e. The molecule has 0 aromatic heterocycles. The molecule has 1 saturated heterocycles. The molecule has 0 amide bonds. The second kappa shape index (κ2) is 5.92. The van der Waals surface area contributed by atoms with Crippen molar-refractivity contribution in [1.82, 2.24) is 4.90 Å². The first kappa shape index (κ1) is 15.0. The minimum atomic E-state index is 0.172. The van der Waals surface area contributed by atoms with Gasteiger partial charge >= 0.3 is 0 Å². The summed E-state index contributed by atoms with van der Waals surface area (Å²) >= 11 is 0. The van der Waals surface area contributed by atoms with Gasteiger partial charge in [-0.05, 0) is 29.2 Å². The second-order valence-electron chi connectivity index (χ2n) is 6.58. The third-order valence-electron chi connectivity index (χ3n) is 3.97. The molecule has 0 spiro atoms. The van der Waals surface area contributed by atoms with Crippen LogP contribution >= 0.6 is 0 Å². The minimum Gasteiger partial charge on any atom is -0.299 e. The van der Waals surface area contributed by atoms with Gasteiger partial charge in [-0.2, -0.15) is 0 Å². The summed E-state index contributed by atoms with van der Waals surface area (Å²) < 4.78 is 0. The summed E-state index contributed by atoms with van der Waals surface area (Å²) in [6, 6.07) is 8.56. The minimum absolute atomic E-state index is 0.172. The Kier molecular flexibility index (Phi) is 4.44. The van der Waals surface area contributed by atoms with E-state index in [4.69, 9.17) is 0 Å². The first-order valence-corrected chi connectivity index (χ1v) is 7.47. The third-order valence-corrected chi connectivity index (χ3v) is 3.97. The number of hydrogen-bond acceptors (Lipinski definition) is 2. The standard InChI is InChI=1S/C18H25NO/c1-5-19-11-10-17(20)15(13-19)12-14-6-8-16(9-7-14)18(2,3)4/h6-9,12H,5,10-11,13H2,1-4H3/b15-12+. The van der Waals surface area contributed by atoms with Gasteiger partial charge in [0, 0.05) is 25.1 Å². The van der Waals surface area contributed by atoms with Gasteiger partial charge in [-0.1, -0.05) is 52.0 Å². The molecule has 0 aliphatic carbocycles. The fourth-order valence-electron chi connectivity index (χ4n) is 2.50. The summed E-state index contributed by atoms with van der Waals surface area (Å²) in [6.45, 7) is 11.5. The molecule has 1 aliphatic rings. The summed E-state index contributed by atoms with van der Waals surface area (Å²) in [4.78, 5) is 14.3. The van der Waals surface area contributed by atoms with Crippen molar-refractivity contribution in [2.24, 2.45) is 0 Å². The van der Waals surface area contributed by atoms with Gasteiger partial charge in [0.1, 0.15) is 0 Å². The van der Waals surface area contributed by atoms with Crippen molar-refractivity contribution < 1.29 is 4.79 Å². The fourth-order valence-corrected chi connectivity index (χ4v) is 2.50. The molecule has 1 heterocycles. The number of piperidine rings is 1. The van der Waals surface area contributed by atoms with Crippen molar-refractivity contribution in [2.45, 2.75) is 39.5 Å². The van der Waals surface area contributed by atoms with E-state index in [-0.39, 0.29) is 5.41 Å². The van der Waals surface area contributed by atoms with E-state index in [0.29, 0.717) is 12.2 Å². The number of likely N-dealkylation sites (tertiary alicyclic amines) is 1. The van der Waals surface area contributed by atoms with E-state index in [1.54, 1.807) is 0 Å². The molecule has 2 heteroatoms. The molecule has 1 aromatic rings. The van der Waals surface area contributed by atoms with Gasteiger partial charge < -0.3 is 0 Å². The van der Waals surface area contributed by atoms with Crippen molar-refractivity contribution in [3.8, 4) is 0 Å². The highest BCUT2D eigenvalue weighted by Gasteiger charge is 2.20. The van der Waals surface area contributed by atoms with Crippen LogP contribution in [0.5, 0.6) is 0 Å². The summed E-state index contributed by atoms with van der Waals surface area (Å²) in [5.41, 5.74) is 3.57. The van der Waals surface area contributed by atoms with Gasteiger partial charge in [-0.3, -0.25) is 9.69 Å². The average molecular weight is 271 g/mol. The van der Waals surface area contributed by atoms with Gasteiger partial charge in [0.2, 0.25) is 0 Å². The predicted molar refractivity (Wildman–Crippen MR) is 84.9 cm³/mol. The Bertz CT molecular complexity index is 505. The Hall–Kier alpha value is -1.41.